The number of amides is 1. The van der Waals surface area contributed by atoms with E-state index in [1.807, 2.05) is 49.5 Å². The van der Waals surface area contributed by atoms with Crippen LogP contribution in [0.25, 0.3) is 0 Å². The van der Waals surface area contributed by atoms with Crippen LogP contribution in [0.5, 0.6) is 5.75 Å². The standard InChI is InChI=1S/C19H21NO3/c1-20(16-6-4-3-5-7-16)19(21)11-15-13-23-12-14-10-17(22-2)8-9-18(14)15/h3-10,15H,11-13H2,1-2H3. The number of fused-ring (bicyclic) bond motifs is 1. The number of hydrogen-bond donors (Lipinski definition) is 0. The Morgan fingerprint density at radius 3 is 2.78 bits per heavy atom. The Labute approximate surface area is 136 Å². The largest absolute Gasteiger partial charge is 0.497 e. The summed E-state index contributed by atoms with van der Waals surface area (Å²) < 4.78 is 10.9. The van der Waals surface area contributed by atoms with Gasteiger partial charge in [0.15, 0.2) is 0 Å². The zero-order chi connectivity index (χ0) is 16.2. The van der Waals surface area contributed by atoms with Crippen molar-refractivity contribution in [1.29, 1.82) is 0 Å². The molecule has 1 aliphatic rings. The van der Waals surface area contributed by atoms with Gasteiger partial charge in [0, 0.05) is 25.1 Å². The van der Waals surface area contributed by atoms with Gasteiger partial charge >= 0.3 is 0 Å². The lowest BCUT2D eigenvalue weighted by atomic mass is 9.90. The number of ether oxygens (including phenoxy) is 2. The summed E-state index contributed by atoms with van der Waals surface area (Å²) in [5.41, 5.74) is 3.20. The fraction of sp³-hybridized carbons (Fsp3) is 0.316. The number of carbonyl (C=O) groups excluding carboxylic acids is 1. The fourth-order valence-corrected chi connectivity index (χ4v) is 2.95. The van der Waals surface area contributed by atoms with E-state index in [-0.39, 0.29) is 11.8 Å². The Bertz CT molecular complexity index is 684. The monoisotopic (exact) mass is 311 g/mol. The van der Waals surface area contributed by atoms with Gasteiger partial charge in [0.2, 0.25) is 5.91 Å². The van der Waals surface area contributed by atoms with Crippen molar-refractivity contribution in [3.05, 3.63) is 59.7 Å². The summed E-state index contributed by atoms with van der Waals surface area (Å²) in [6, 6.07) is 15.7. The number of carbonyl (C=O) groups is 1. The lowest BCUT2D eigenvalue weighted by Crippen LogP contribution is -2.30. The van der Waals surface area contributed by atoms with Gasteiger partial charge in [0.25, 0.3) is 0 Å². The van der Waals surface area contributed by atoms with Gasteiger partial charge in [-0.15, -0.1) is 0 Å². The lowest BCUT2D eigenvalue weighted by molar-refractivity contribution is -0.119. The topological polar surface area (TPSA) is 38.8 Å². The highest BCUT2D eigenvalue weighted by Crippen LogP contribution is 2.32. The molecule has 0 saturated heterocycles. The number of rotatable bonds is 4. The maximum atomic E-state index is 12.6. The molecule has 0 fully saturated rings. The van der Waals surface area contributed by atoms with Gasteiger partial charge in [-0.3, -0.25) is 4.79 Å². The van der Waals surface area contributed by atoms with E-state index in [2.05, 4.69) is 6.07 Å². The van der Waals surface area contributed by atoms with E-state index < -0.39 is 0 Å². The van der Waals surface area contributed by atoms with Crippen molar-refractivity contribution in [3.8, 4) is 5.75 Å². The van der Waals surface area contributed by atoms with Crippen LogP contribution >= 0.6 is 0 Å². The Morgan fingerprint density at radius 1 is 1.26 bits per heavy atom. The molecule has 0 aliphatic carbocycles. The van der Waals surface area contributed by atoms with Gasteiger partial charge in [-0.2, -0.15) is 0 Å². The van der Waals surface area contributed by atoms with Crippen molar-refractivity contribution < 1.29 is 14.3 Å². The Kier molecular flexibility index (Phi) is 4.63. The zero-order valence-corrected chi connectivity index (χ0v) is 13.5. The van der Waals surface area contributed by atoms with Crippen LogP contribution < -0.4 is 9.64 Å². The van der Waals surface area contributed by atoms with Crippen LogP contribution in [0.15, 0.2) is 48.5 Å². The molecule has 2 aromatic carbocycles. The van der Waals surface area contributed by atoms with Crippen molar-refractivity contribution in [2.45, 2.75) is 18.9 Å². The molecule has 3 rings (SSSR count). The fourth-order valence-electron chi connectivity index (χ4n) is 2.95. The SMILES string of the molecule is COc1ccc2c(c1)COCC2CC(=O)N(C)c1ccccc1. The predicted molar refractivity (Wildman–Crippen MR) is 89.9 cm³/mol. The van der Waals surface area contributed by atoms with E-state index in [9.17, 15) is 4.79 Å². The van der Waals surface area contributed by atoms with E-state index in [1.165, 1.54) is 5.56 Å². The van der Waals surface area contributed by atoms with E-state index in [4.69, 9.17) is 9.47 Å². The third-order valence-electron chi connectivity index (χ3n) is 4.31. The average Bonchev–Trinajstić information content (AvgIpc) is 2.61. The van der Waals surface area contributed by atoms with Crippen LogP contribution in [-0.2, 0) is 16.1 Å². The van der Waals surface area contributed by atoms with Crippen LogP contribution in [0.2, 0.25) is 0 Å². The third kappa shape index (κ3) is 3.37. The first kappa shape index (κ1) is 15.6. The summed E-state index contributed by atoms with van der Waals surface area (Å²) >= 11 is 0. The molecular formula is C19H21NO3. The first-order valence-corrected chi connectivity index (χ1v) is 7.75. The molecule has 0 bridgehead atoms. The molecular weight excluding hydrogens is 290 g/mol. The molecule has 4 heteroatoms. The van der Waals surface area contributed by atoms with Crippen LogP contribution in [0.3, 0.4) is 0 Å². The number of hydrogen-bond acceptors (Lipinski definition) is 3. The van der Waals surface area contributed by atoms with E-state index >= 15 is 0 Å². The van der Waals surface area contributed by atoms with Crippen molar-refractivity contribution in [3.63, 3.8) is 0 Å². The molecule has 1 heterocycles. The number of anilines is 1. The summed E-state index contributed by atoms with van der Waals surface area (Å²) in [5.74, 6) is 0.998. The summed E-state index contributed by atoms with van der Waals surface area (Å²) in [6.07, 6.45) is 0.435. The predicted octanol–water partition coefficient (Wildman–Crippen LogP) is 3.36. The Hall–Kier alpha value is -2.33. The molecule has 1 aliphatic heterocycles. The molecule has 4 nitrogen and oxygen atoms in total. The molecule has 0 aromatic heterocycles. The van der Waals surface area contributed by atoms with Crippen LogP contribution in [-0.4, -0.2) is 26.7 Å². The van der Waals surface area contributed by atoms with E-state index in [1.54, 1.807) is 12.0 Å². The number of methoxy groups -OCH3 is 1. The summed E-state index contributed by atoms with van der Waals surface area (Å²) in [7, 11) is 3.47. The second-order valence-corrected chi connectivity index (χ2v) is 5.77. The minimum absolute atomic E-state index is 0.0864. The van der Waals surface area contributed by atoms with Crippen LogP contribution in [0.1, 0.15) is 23.5 Å². The van der Waals surface area contributed by atoms with Gasteiger partial charge in [-0.05, 0) is 35.4 Å². The average molecular weight is 311 g/mol. The highest BCUT2D eigenvalue weighted by Gasteiger charge is 2.25. The third-order valence-corrected chi connectivity index (χ3v) is 4.31. The van der Waals surface area contributed by atoms with Gasteiger partial charge in [-0.25, -0.2) is 0 Å². The quantitative estimate of drug-likeness (QED) is 0.869. The molecule has 1 unspecified atom stereocenters. The molecule has 0 spiro atoms. The first-order valence-electron chi connectivity index (χ1n) is 7.75. The Morgan fingerprint density at radius 2 is 2.04 bits per heavy atom. The number of para-hydroxylation sites is 1. The highest BCUT2D eigenvalue weighted by molar-refractivity contribution is 5.93. The smallest absolute Gasteiger partial charge is 0.227 e. The van der Waals surface area contributed by atoms with Crippen molar-refractivity contribution in [2.24, 2.45) is 0 Å². The summed E-state index contributed by atoms with van der Waals surface area (Å²) in [5, 5.41) is 0. The number of benzene rings is 2. The van der Waals surface area contributed by atoms with Crippen molar-refractivity contribution >= 4 is 11.6 Å². The molecule has 2 aromatic rings. The van der Waals surface area contributed by atoms with Crippen molar-refractivity contribution in [1.82, 2.24) is 0 Å². The van der Waals surface area contributed by atoms with E-state index in [0.717, 1.165) is 17.0 Å². The molecule has 23 heavy (non-hydrogen) atoms. The van der Waals surface area contributed by atoms with E-state index in [0.29, 0.717) is 19.6 Å². The molecule has 1 amide bonds. The molecule has 120 valence electrons. The van der Waals surface area contributed by atoms with Gasteiger partial charge in [0.05, 0.1) is 20.3 Å². The maximum Gasteiger partial charge on any atom is 0.227 e. The molecule has 0 saturated carbocycles. The maximum absolute atomic E-state index is 12.6. The molecule has 0 N–H and O–H groups in total. The minimum Gasteiger partial charge on any atom is -0.497 e. The lowest BCUT2D eigenvalue weighted by Gasteiger charge is -2.27. The van der Waals surface area contributed by atoms with Gasteiger partial charge in [-0.1, -0.05) is 24.3 Å². The second kappa shape index (κ2) is 6.84. The van der Waals surface area contributed by atoms with Crippen molar-refractivity contribution in [2.75, 3.05) is 25.7 Å². The highest BCUT2D eigenvalue weighted by atomic mass is 16.5. The minimum atomic E-state index is 0.0864. The molecule has 1 atom stereocenters. The van der Waals surface area contributed by atoms with Gasteiger partial charge < -0.3 is 14.4 Å². The number of nitrogens with zero attached hydrogens (tertiary/aromatic N) is 1. The second-order valence-electron chi connectivity index (χ2n) is 5.77. The van der Waals surface area contributed by atoms with Crippen LogP contribution in [0.4, 0.5) is 5.69 Å². The van der Waals surface area contributed by atoms with Crippen LogP contribution in [0, 0.1) is 0 Å². The summed E-state index contributed by atoms with van der Waals surface area (Å²) in [6.45, 7) is 1.15. The first-order chi connectivity index (χ1) is 11.2. The Balaban J connectivity index is 1.75. The normalized spacial score (nSPS) is 16.5. The van der Waals surface area contributed by atoms with Gasteiger partial charge in [0.1, 0.15) is 5.75 Å². The zero-order valence-electron chi connectivity index (χ0n) is 13.5. The summed E-state index contributed by atoms with van der Waals surface area (Å²) in [4.78, 5) is 14.3. The molecule has 0 radical (unpaired) electrons.